The second-order valence-corrected chi connectivity index (χ2v) is 44.0. The molecule has 0 saturated heterocycles. The smallest absolute Gasteiger partial charge is 0.456 e. The third-order valence-electron chi connectivity index (χ3n) is 8.18. The zero-order chi connectivity index (χ0) is 35.4. The second-order valence-electron chi connectivity index (χ2n) is 15.6. The van der Waals surface area contributed by atoms with Crippen molar-refractivity contribution in [3.8, 4) is 0 Å². The lowest BCUT2D eigenvalue weighted by molar-refractivity contribution is -0.0839. The summed E-state index contributed by atoms with van der Waals surface area (Å²) in [7, 11) is -5.55. The molecule has 0 N–H and O–H groups in total. The minimum atomic E-state index is -2.64. The van der Waals surface area contributed by atoms with Crippen LogP contribution in [0.25, 0.3) is 0 Å². The molecule has 0 rings (SSSR count). The van der Waals surface area contributed by atoms with E-state index in [0.717, 1.165) is 49.1 Å². The molecule has 0 unspecified atom stereocenters. The number of hydrogen-bond donors (Lipinski definition) is 0. The van der Waals surface area contributed by atoms with Gasteiger partial charge in [0.05, 0.1) is 0 Å². The van der Waals surface area contributed by atoms with Gasteiger partial charge in [-0.2, -0.15) is 0 Å². The quantitative estimate of drug-likeness (QED) is 0.0804. The molecule has 0 bridgehead atoms. The van der Waals surface area contributed by atoms with Crippen molar-refractivity contribution in [3.05, 3.63) is 0 Å². The van der Waals surface area contributed by atoms with E-state index in [9.17, 15) is 0 Å². The first kappa shape index (κ1) is 46.1. The Balaban J connectivity index is 5.25. The minimum Gasteiger partial charge on any atom is -0.456 e. The molecule has 0 aliphatic heterocycles. The molecule has 0 spiro atoms. The van der Waals surface area contributed by atoms with Crippen LogP contribution in [0.3, 0.4) is 0 Å². The predicted molar refractivity (Wildman–Crippen MR) is 201 cm³/mol. The molecule has 9 nitrogen and oxygen atoms in total. The van der Waals surface area contributed by atoms with Gasteiger partial charge in [-0.05, 0) is 109 Å². The highest BCUT2D eigenvalue weighted by Gasteiger charge is 2.44. The second kappa shape index (κ2) is 18.9. The van der Waals surface area contributed by atoms with Crippen molar-refractivity contribution < 1.29 is 43.6 Å². The van der Waals surface area contributed by atoms with Crippen LogP contribution < -0.4 is 0 Å². The third kappa shape index (κ3) is 18.6. The molecule has 0 saturated carbocycles. The van der Waals surface area contributed by atoms with Crippen LogP contribution in [0, 0.1) is 0 Å². The summed E-state index contributed by atoms with van der Waals surface area (Å²) in [6.07, 6.45) is 2.29. The Morgan fingerprint density at radius 3 is 0.933 bits per heavy atom. The summed E-state index contributed by atoms with van der Waals surface area (Å²) in [6.45, 7) is 24.2. The standard InChI is InChI=1S/C28H71FO9Si7/c1-30-44(31-2,32-3)26-24-42(14,15)37-40(10,11)22-18-20-28(29,36-39(7,8)9)21-19-23-41(12,13)38-43(16,17)25-27-45(33-4,34-5)35-6/h18-27H2,1-17H3. The molecule has 45 heavy (non-hydrogen) atoms. The maximum Gasteiger partial charge on any atom is 0.499 e. The van der Waals surface area contributed by atoms with E-state index in [4.69, 9.17) is 39.2 Å². The van der Waals surface area contributed by atoms with E-state index in [1.807, 2.05) is 0 Å². The Morgan fingerprint density at radius 1 is 0.422 bits per heavy atom. The highest BCUT2D eigenvalue weighted by molar-refractivity contribution is 6.86. The Labute approximate surface area is 284 Å². The van der Waals surface area contributed by atoms with E-state index in [-0.39, 0.29) is 0 Å². The van der Waals surface area contributed by atoms with Crippen molar-refractivity contribution >= 4 is 59.2 Å². The molecule has 0 aromatic rings. The van der Waals surface area contributed by atoms with Crippen LogP contribution >= 0.6 is 0 Å². The van der Waals surface area contributed by atoms with Gasteiger partial charge in [-0.25, -0.2) is 4.39 Å². The first-order valence-electron chi connectivity index (χ1n) is 16.4. The van der Waals surface area contributed by atoms with E-state index in [0.29, 0.717) is 12.8 Å². The molecule has 0 atom stereocenters. The van der Waals surface area contributed by atoms with Crippen molar-refractivity contribution in [3.63, 3.8) is 0 Å². The van der Waals surface area contributed by atoms with Gasteiger partial charge < -0.3 is 39.2 Å². The summed E-state index contributed by atoms with van der Waals surface area (Å²) in [4.78, 5) is 0. The number of rotatable bonds is 26. The zero-order valence-corrected chi connectivity index (χ0v) is 39.1. The Bertz CT molecular complexity index is 765. The summed E-state index contributed by atoms with van der Waals surface area (Å²) in [5.74, 6) is -1.62. The van der Waals surface area contributed by atoms with Crippen molar-refractivity contribution in [1.29, 1.82) is 0 Å². The fraction of sp³-hybridized carbons (Fsp3) is 1.00. The molecule has 272 valence electrons. The fourth-order valence-electron chi connectivity index (χ4n) is 6.05. The maximum atomic E-state index is 16.6. The third-order valence-corrected chi connectivity index (χ3v) is 30.5. The van der Waals surface area contributed by atoms with Gasteiger partial charge >= 0.3 is 17.6 Å². The van der Waals surface area contributed by atoms with Crippen LogP contribution in [-0.2, 0) is 39.2 Å². The average Bonchev–Trinajstić information content (AvgIpc) is 2.88. The lowest BCUT2D eigenvalue weighted by atomic mass is 10.1. The van der Waals surface area contributed by atoms with Crippen LogP contribution in [0.5, 0.6) is 0 Å². The molecule has 0 amide bonds. The molecular formula is C28H71FO9Si7. The SMILES string of the molecule is CO[Si](CC[Si](C)(C)O[Si](C)(C)CCCC(F)(CCC[Si](C)(C)O[Si](C)(C)CC[Si](OC)(OC)OC)O[Si](C)(C)C)(OC)OC. The molecule has 0 aliphatic rings. The zero-order valence-electron chi connectivity index (χ0n) is 32.1. The Kier molecular flexibility index (Phi) is 19.4. The predicted octanol–water partition coefficient (Wildman–Crippen LogP) is 8.67. The summed E-state index contributed by atoms with van der Waals surface area (Å²) in [5, 5.41) is 0. The first-order valence-corrected chi connectivity index (χ1v) is 36.1. The Morgan fingerprint density at radius 2 is 0.689 bits per heavy atom. The lowest BCUT2D eigenvalue weighted by Gasteiger charge is -2.38. The fourth-order valence-corrected chi connectivity index (χ4v) is 32.5. The summed E-state index contributed by atoms with van der Waals surface area (Å²) < 4.78 is 70.2. The van der Waals surface area contributed by atoms with E-state index in [2.05, 4.69) is 72.0 Å². The van der Waals surface area contributed by atoms with Gasteiger partial charge in [0, 0.05) is 67.6 Å². The largest absolute Gasteiger partial charge is 0.499 e. The Hall–Kier alpha value is 1.09. The van der Waals surface area contributed by atoms with E-state index in [1.165, 1.54) is 0 Å². The van der Waals surface area contributed by atoms with E-state index in [1.54, 1.807) is 42.7 Å². The highest BCUT2D eigenvalue weighted by Crippen LogP contribution is 2.36. The van der Waals surface area contributed by atoms with Crippen molar-refractivity contribution in [2.75, 3.05) is 42.7 Å². The van der Waals surface area contributed by atoms with Gasteiger partial charge in [-0.1, -0.05) is 0 Å². The molecular weight excluding hydrogens is 696 g/mol. The van der Waals surface area contributed by atoms with Crippen LogP contribution in [0.15, 0.2) is 0 Å². The van der Waals surface area contributed by atoms with Crippen LogP contribution in [0.2, 0.25) is 108 Å². The monoisotopic (exact) mass is 766 g/mol. The average molecular weight is 767 g/mol. The van der Waals surface area contributed by atoms with Crippen LogP contribution in [0.4, 0.5) is 4.39 Å². The van der Waals surface area contributed by atoms with Gasteiger partial charge in [0.15, 0.2) is 47.4 Å². The summed E-state index contributed by atoms with van der Waals surface area (Å²) in [6, 6.07) is 5.04. The minimum absolute atomic E-state index is 0.396. The molecule has 0 heterocycles. The van der Waals surface area contributed by atoms with Gasteiger partial charge in [-0.15, -0.1) is 0 Å². The van der Waals surface area contributed by atoms with E-state index < -0.39 is 65.1 Å². The van der Waals surface area contributed by atoms with Crippen molar-refractivity contribution in [2.45, 2.75) is 140 Å². The maximum absolute atomic E-state index is 16.6. The number of halogens is 1. The van der Waals surface area contributed by atoms with Crippen LogP contribution in [-0.4, -0.2) is 108 Å². The summed E-state index contributed by atoms with van der Waals surface area (Å²) in [5.41, 5.74) is 0. The highest BCUT2D eigenvalue weighted by atomic mass is 28.4. The molecule has 0 aliphatic carbocycles. The normalized spacial score (nSPS) is 14.8. The lowest BCUT2D eigenvalue weighted by Crippen LogP contribution is -2.48. The van der Waals surface area contributed by atoms with Gasteiger partial charge in [-0.3, -0.25) is 0 Å². The molecule has 0 aromatic heterocycles. The molecule has 17 heteroatoms. The van der Waals surface area contributed by atoms with Gasteiger partial charge in [0.1, 0.15) is 0 Å². The molecule has 0 aromatic carbocycles. The van der Waals surface area contributed by atoms with Crippen molar-refractivity contribution in [1.82, 2.24) is 0 Å². The van der Waals surface area contributed by atoms with Crippen LogP contribution in [0.1, 0.15) is 25.7 Å². The first-order chi connectivity index (χ1) is 20.3. The number of hydrogen-bond acceptors (Lipinski definition) is 9. The van der Waals surface area contributed by atoms with Gasteiger partial charge in [0.2, 0.25) is 0 Å². The summed E-state index contributed by atoms with van der Waals surface area (Å²) >= 11 is 0. The molecule has 0 fully saturated rings. The van der Waals surface area contributed by atoms with Crippen molar-refractivity contribution in [2.24, 2.45) is 0 Å². The number of alkyl halides is 1. The molecule has 0 radical (unpaired) electrons. The van der Waals surface area contributed by atoms with E-state index >= 15 is 4.39 Å². The van der Waals surface area contributed by atoms with Gasteiger partial charge in [0.25, 0.3) is 0 Å². The topological polar surface area (TPSA) is 83.1 Å².